The van der Waals surface area contributed by atoms with Crippen LogP contribution in [-0.2, 0) is 17.9 Å². The summed E-state index contributed by atoms with van der Waals surface area (Å²) in [6.07, 6.45) is 0. The molecule has 0 radical (unpaired) electrons. The highest BCUT2D eigenvalue weighted by Gasteiger charge is 2.22. The lowest BCUT2D eigenvalue weighted by Gasteiger charge is -2.34. The van der Waals surface area contributed by atoms with E-state index < -0.39 is 0 Å². The molecule has 1 saturated heterocycles. The van der Waals surface area contributed by atoms with Gasteiger partial charge < -0.3 is 20.3 Å². The Hall–Kier alpha value is -3.06. The Balaban J connectivity index is 1.37. The minimum absolute atomic E-state index is 0.00271. The third kappa shape index (κ3) is 6.22. The number of rotatable bonds is 7. The standard InChI is InChI=1S/C22H28N4O3/c1-29-20-10-6-5-9-19(20)16-24-22(28)26-13-11-25(12-14-26)17-21(27)23-15-18-7-3-2-4-8-18/h2-10H,11-17H2,1H3,(H,23,27)(H,24,28). The number of piperazine rings is 1. The smallest absolute Gasteiger partial charge is 0.317 e. The highest BCUT2D eigenvalue weighted by atomic mass is 16.5. The fourth-order valence-electron chi connectivity index (χ4n) is 3.30. The number of methoxy groups -OCH3 is 1. The van der Waals surface area contributed by atoms with Gasteiger partial charge in [-0.25, -0.2) is 4.79 Å². The molecule has 0 aliphatic carbocycles. The van der Waals surface area contributed by atoms with Gasteiger partial charge in [0.1, 0.15) is 5.75 Å². The first-order chi connectivity index (χ1) is 14.2. The van der Waals surface area contributed by atoms with Crippen LogP contribution in [0.1, 0.15) is 11.1 Å². The molecule has 1 aliphatic rings. The minimum atomic E-state index is -0.0934. The molecule has 2 aromatic carbocycles. The van der Waals surface area contributed by atoms with Crippen LogP contribution in [0.3, 0.4) is 0 Å². The molecule has 7 nitrogen and oxygen atoms in total. The van der Waals surface area contributed by atoms with Crippen molar-refractivity contribution in [2.75, 3.05) is 39.8 Å². The molecule has 7 heteroatoms. The Bertz CT molecular complexity index is 805. The number of hydrogen-bond donors (Lipinski definition) is 2. The second kappa shape index (κ2) is 10.5. The van der Waals surface area contributed by atoms with Crippen molar-refractivity contribution in [3.8, 4) is 5.75 Å². The van der Waals surface area contributed by atoms with Crippen molar-refractivity contribution in [3.63, 3.8) is 0 Å². The van der Waals surface area contributed by atoms with E-state index in [4.69, 9.17) is 4.74 Å². The third-order valence-electron chi connectivity index (χ3n) is 4.98. The van der Waals surface area contributed by atoms with E-state index in [1.807, 2.05) is 54.6 Å². The van der Waals surface area contributed by atoms with Gasteiger partial charge in [-0.3, -0.25) is 9.69 Å². The summed E-state index contributed by atoms with van der Waals surface area (Å²) < 4.78 is 5.31. The Kier molecular flexibility index (Phi) is 7.47. The first-order valence-corrected chi connectivity index (χ1v) is 9.83. The monoisotopic (exact) mass is 396 g/mol. The molecular weight excluding hydrogens is 368 g/mol. The molecule has 3 amide bonds. The molecule has 154 valence electrons. The number of urea groups is 1. The molecule has 2 aromatic rings. The molecule has 0 unspecified atom stereocenters. The van der Waals surface area contributed by atoms with Gasteiger partial charge in [0.15, 0.2) is 0 Å². The van der Waals surface area contributed by atoms with Gasteiger partial charge in [-0.05, 0) is 11.6 Å². The second-order valence-electron chi connectivity index (χ2n) is 7.00. The van der Waals surface area contributed by atoms with E-state index >= 15 is 0 Å². The van der Waals surface area contributed by atoms with Crippen molar-refractivity contribution in [2.24, 2.45) is 0 Å². The molecule has 0 atom stereocenters. The van der Waals surface area contributed by atoms with Crippen molar-refractivity contribution in [1.29, 1.82) is 0 Å². The van der Waals surface area contributed by atoms with Gasteiger partial charge in [-0.1, -0.05) is 48.5 Å². The summed E-state index contributed by atoms with van der Waals surface area (Å²) in [5, 5.41) is 5.89. The number of amides is 3. The molecule has 29 heavy (non-hydrogen) atoms. The normalized spacial score (nSPS) is 14.3. The SMILES string of the molecule is COc1ccccc1CNC(=O)N1CCN(CC(=O)NCc2ccccc2)CC1. The highest BCUT2D eigenvalue weighted by molar-refractivity contribution is 5.78. The van der Waals surface area contributed by atoms with Crippen molar-refractivity contribution >= 4 is 11.9 Å². The number of para-hydroxylation sites is 1. The zero-order valence-electron chi connectivity index (χ0n) is 16.8. The lowest BCUT2D eigenvalue weighted by atomic mass is 10.2. The largest absolute Gasteiger partial charge is 0.496 e. The van der Waals surface area contributed by atoms with Gasteiger partial charge in [0.25, 0.3) is 0 Å². The molecule has 1 fully saturated rings. The number of ether oxygens (including phenoxy) is 1. The summed E-state index contributed by atoms with van der Waals surface area (Å²) in [4.78, 5) is 28.5. The number of benzene rings is 2. The van der Waals surface area contributed by atoms with E-state index in [1.54, 1.807) is 12.0 Å². The van der Waals surface area contributed by atoms with E-state index in [1.165, 1.54) is 0 Å². The van der Waals surface area contributed by atoms with Crippen molar-refractivity contribution in [3.05, 3.63) is 65.7 Å². The third-order valence-corrected chi connectivity index (χ3v) is 4.98. The quantitative estimate of drug-likeness (QED) is 0.749. The number of hydrogen-bond acceptors (Lipinski definition) is 4. The number of carbonyl (C=O) groups is 2. The molecule has 2 N–H and O–H groups in total. The Labute approximate surface area is 171 Å². The number of nitrogens with one attached hydrogen (secondary N) is 2. The average Bonchev–Trinajstić information content (AvgIpc) is 2.77. The highest BCUT2D eigenvalue weighted by Crippen LogP contribution is 2.16. The van der Waals surface area contributed by atoms with Crippen LogP contribution in [0.4, 0.5) is 4.79 Å². The maximum atomic E-state index is 12.4. The summed E-state index contributed by atoms with van der Waals surface area (Å²) >= 11 is 0. The molecule has 1 heterocycles. The van der Waals surface area contributed by atoms with Gasteiger partial charge in [-0.2, -0.15) is 0 Å². The van der Waals surface area contributed by atoms with E-state index in [9.17, 15) is 9.59 Å². The van der Waals surface area contributed by atoms with Crippen LogP contribution in [-0.4, -0.2) is 61.6 Å². The Morgan fingerprint density at radius 3 is 2.31 bits per heavy atom. The van der Waals surface area contributed by atoms with E-state index in [2.05, 4.69) is 15.5 Å². The predicted molar refractivity (Wildman–Crippen MR) is 112 cm³/mol. The van der Waals surface area contributed by atoms with Crippen LogP contribution < -0.4 is 15.4 Å². The van der Waals surface area contributed by atoms with Crippen LogP contribution in [0.5, 0.6) is 5.75 Å². The fourth-order valence-corrected chi connectivity index (χ4v) is 3.30. The molecular formula is C22H28N4O3. The van der Waals surface area contributed by atoms with E-state index in [0.29, 0.717) is 45.8 Å². The topological polar surface area (TPSA) is 73.9 Å². The second-order valence-corrected chi connectivity index (χ2v) is 7.00. The average molecular weight is 396 g/mol. The summed E-state index contributed by atoms with van der Waals surface area (Å²) in [6, 6.07) is 17.4. The zero-order valence-corrected chi connectivity index (χ0v) is 16.8. The van der Waals surface area contributed by atoms with E-state index in [-0.39, 0.29) is 11.9 Å². The van der Waals surface area contributed by atoms with Gasteiger partial charge >= 0.3 is 6.03 Å². The van der Waals surface area contributed by atoms with Crippen molar-refractivity contribution in [2.45, 2.75) is 13.1 Å². The summed E-state index contributed by atoms with van der Waals surface area (Å²) in [6.45, 7) is 3.87. The maximum absolute atomic E-state index is 12.4. The van der Waals surface area contributed by atoms with Gasteiger partial charge in [-0.15, -0.1) is 0 Å². The van der Waals surface area contributed by atoms with Crippen LogP contribution in [0.25, 0.3) is 0 Å². The first kappa shape index (κ1) is 20.7. The van der Waals surface area contributed by atoms with Gasteiger partial charge in [0, 0.05) is 44.8 Å². The van der Waals surface area contributed by atoms with Crippen molar-refractivity contribution in [1.82, 2.24) is 20.4 Å². The molecule has 1 aliphatic heterocycles. The maximum Gasteiger partial charge on any atom is 0.317 e. The van der Waals surface area contributed by atoms with Crippen LogP contribution in [0, 0.1) is 0 Å². The Morgan fingerprint density at radius 1 is 0.897 bits per heavy atom. The lowest BCUT2D eigenvalue weighted by molar-refractivity contribution is -0.122. The van der Waals surface area contributed by atoms with Crippen LogP contribution >= 0.6 is 0 Å². The summed E-state index contributed by atoms with van der Waals surface area (Å²) in [7, 11) is 1.62. The van der Waals surface area contributed by atoms with Gasteiger partial charge in [0.05, 0.1) is 13.7 Å². The first-order valence-electron chi connectivity index (χ1n) is 9.83. The fraction of sp³-hybridized carbons (Fsp3) is 0.364. The molecule has 0 aromatic heterocycles. The van der Waals surface area contributed by atoms with E-state index in [0.717, 1.165) is 16.9 Å². The van der Waals surface area contributed by atoms with Crippen LogP contribution in [0.15, 0.2) is 54.6 Å². The molecule has 0 bridgehead atoms. The molecule has 3 rings (SSSR count). The lowest BCUT2D eigenvalue weighted by Crippen LogP contribution is -2.53. The summed E-state index contributed by atoms with van der Waals surface area (Å²) in [5.74, 6) is 0.766. The zero-order chi connectivity index (χ0) is 20.5. The predicted octanol–water partition coefficient (Wildman–Crippen LogP) is 1.84. The molecule has 0 spiro atoms. The number of nitrogens with zero attached hydrogens (tertiary/aromatic N) is 2. The summed E-state index contributed by atoms with van der Waals surface area (Å²) in [5.41, 5.74) is 2.02. The minimum Gasteiger partial charge on any atom is -0.496 e. The van der Waals surface area contributed by atoms with Crippen LogP contribution in [0.2, 0.25) is 0 Å². The Morgan fingerprint density at radius 2 is 1.59 bits per heavy atom. The van der Waals surface area contributed by atoms with Crippen molar-refractivity contribution < 1.29 is 14.3 Å². The molecule has 0 saturated carbocycles. The van der Waals surface area contributed by atoms with Gasteiger partial charge in [0.2, 0.25) is 5.91 Å². The number of carbonyl (C=O) groups excluding carboxylic acids is 2.